The Balaban J connectivity index is 4.64. The molecule has 4 N–H and O–H groups in total. The summed E-state index contributed by atoms with van der Waals surface area (Å²) >= 11 is 0. The first-order chi connectivity index (χ1) is 15.7. The molecule has 0 aliphatic rings. The molecule has 0 saturated heterocycles. The summed E-state index contributed by atoms with van der Waals surface area (Å²) in [5.74, 6) is 0.930. The van der Waals surface area contributed by atoms with E-state index < -0.39 is 17.6 Å². The lowest BCUT2D eigenvalue weighted by Gasteiger charge is -2.28. The molecule has 33 heavy (non-hydrogen) atoms. The zero-order valence-corrected chi connectivity index (χ0v) is 24.5. The van der Waals surface area contributed by atoms with Gasteiger partial charge in [0.25, 0.3) is 0 Å². The molecule has 5 nitrogen and oxygen atoms in total. The molecule has 0 radical (unpaired) electrons. The van der Waals surface area contributed by atoms with E-state index in [1.54, 1.807) is 0 Å². The number of unbranched alkanes of at least 4 members (excludes halogenated alkanes) is 8. The first-order valence-electron chi connectivity index (χ1n) is 14.3. The molecular formula is C26H58O5Si2. The van der Waals surface area contributed by atoms with E-state index in [9.17, 15) is 19.2 Å². The summed E-state index contributed by atoms with van der Waals surface area (Å²) in [5.41, 5.74) is 0. The fourth-order valence-electron chi connectivity index (χ4n) is 4.73. The maximum Gasteiger partial charge on any atom is 0.488 e. The Morgan fingerprint density at radius 2 is 0.788 bits per heavy atom. The molecule has 7 heteroatoms. The Hall–Kier alpha value is 0.234. The van der Waals surface area contributed by atoms with Gasteiger partial charge in [0.15, 0.2) is 0 Å². The van der Waals surface area contributed by atoms with Crippen molar-refractivity contribution in [2.24, 2.45) is 11.8 Å². The van der Waals surface area contributed by atoms with Gasteiger partial charge in [0.2, 0.25) is 0 Å². The molecule has 0 spiro atoms. The first kappa shape index (κ1) is 33.2. The van der Waals surface area contributed by atoms with Gasteiger partial charge in [-0.2, -0.15) is 0 Å². The van der Waals surface area contributed by atoms with Crippen LogP contribution >= 0.6 is 0 Å². The van der Waals surface area contributed by atoms with Crippen LogP contribution in [0.4, 0.5) is 0 Å². The highest BCUT2D eigenvalue weighted by Gasteiger charge is 2.45. The number of hydrogen-bond acceptors (Lipinski definition) is 5. The molecule has 0 aromatic carbocycles. The van der Waals surface area contributed by atoms with Gasteiger partial charge in [0, 0.05) is 12.1 Å². The minimum atomic E-state index is -4.07. The van der Waals surface area contributed by atoms with Gasteiger partial charge >= 0.3 is 17.6 Å². The molecular weight excluding hydrogens is 448 g/mol. The molecule has 0 bridgehead atoms. The minimum absolute atomic E-state index is 0.168. The smallest absolute Gasteiger partial charge is 0.390 e. The van der Waals surface area contributed by atoms with E-state index in [0.29, 0.717) is 24.7 Å². The predicted molar refractivity (Wildman–Crippen MR) is 144 cm³/mol. The topological polar surface area (TPSA) is 90.2 Å². The zero-order valence-electron chi connectivity index (χ0n) is 22.5. The van der Waals surface area contributed by atoms with Gasteiger partial charge < -0.3 is 23.3 Å². The molecule has 1 atom stereocenters. The fraction of sp³-hybridized carbons (Fsp3) is 1.00. The summed E-state index contributed by atoms with van der Waals surface area (Å²) in [5, 5.41) is 0. The van der Waals surface area contributed by atoms with Crippen molar-refractivity contribution in [2.75, 3.05) is 0 Å². The highest BCUT2D eigenvalue weighted by atomic mass is 28.5. The second kappa shape index (κ2) is 20.4. The van der Waals surface area contributed by atoms with Crippen molar-refractivity contribution in [3.63, 3.8) is 0 Å². The lowest BCUT2D eigenvalue weighted by molar-refractivity contribution is 0.149. The first-order valence-corrected chi connectivity index (χ1v) is 18.3. The van der Waals surface area contributed by atoms with Crippen molar-refractivity contribution in [1.82, 2.24) is 0 Å². The van der Waals surface area contributed by atoms with E-state index in [1.165, 1.54) is 64.2 Å². The highest BCUT2D eigenvalue weighted by Crippen LogP contribution is 2.28. The van der Waals surface area contributed by atoms with Crippen molar-refractivity contribution in [3.05, 3.63) is 0 Å². The molecule has 0 aromatic heterocycles. The van der Waals surface area contributed by atoms with Crippen LogP contribution in [0, 0.1) is 11.8 Å². The van der Waals surface area contributed by atoms with Gasteiger partial charge in [-0.3, -0.25) is 0 Å². The third-order valence-corrected chi connectivity index (χ3v) is 11.4. The number of hydrogen-bond donors (Lipinski definition) is 4. The van der Waals surface area contributed by atoms with E-state index >= 15 is 0 Å². The second-order valence-electron chi connectivity index (χ2n) is 10.4. The maximum absolute atomic E-state index is 10.5. The molecule has 0 fully saturated rings. The van der Waals surface area contributed by atoms with Crippen molar-refractivity contribution in [1.29, 1.82) is 0 Å². The monoisotopic (exact) mass is 506 g/mol. The van der Waals surface area contributed by atoms with E-state index in [1.807, 2.05) is 0 Å². The molecule has 1 unspecified atom stereocenters. The van der Waals surface area contributed by atoms with E-state index in [0.717, 1.165) is 38.5 Å². The van der Waals surface area contributed by atoms with Crippen LogP contribution in [-0.4, -0.2) is 36.8 Å². The number of rotatable bonds is 24. The molecule has 0 amide bonds. The maximum atomic E-state index is 10.5. The summed E-state index contributed by atoms with van der Waals surface area (Å²) in [4.78, 5) is 42.1. The van der Waals surface area contributed by atoms with Crippen LogP contribution in [0.5, 0.6) is 0 Å². The lowest BCUT2D eigenvalue weighted by Crippen LogP contribution is -2.53. The molecule has 0 heterocycles. The molecule has 0 aliphatic carbocycles. The SMILES string of the molecule is CCCCCCC(CCCC)CC[Si](O)(O)O[Si](O)(O)CCC(CCCCC)CCCCC. The lowest BCUT2D eigenvalue weighted by atomic mass is 9.93. The summed E-state index contributed by atoms with van der Waals surface area (Å²) in [6.07, 6.45) is 20.2. The van der Waals surface area contributed by atoms with Crippen molar-refractivity contribution in [2.45, 2.75) is 155 Å². The summed E-state index contributed by atoms with van der Waals surface area (Å²) in [6, 6.07) is 0.337. The van der Waals surface area contributed by atoms with Crippen LogP contribution in [0.3, 0.4) is 0 Å². The van der Waals surface area contributed by atoms with Crippen LogP contribution in [0.2, 0.25) is 12.1 Å². The summed E-state index contributed by atoms with van der Waals surface area (Å²) in [7, 11) is -8.14. The molecule has 0 aromatic rings. The average molecular weight is 507 g/mol. The Bertz CT molecular complexity index is 425. The van der Waals surface area contributed by atoms with Crippen LogP contribution < -0.4 is 0 Å². The molecule has 0 saturated carbocycles. The third kappa shape index (κ3) is 20.2. The van der Waals surface area contributed by atoms with Gasteiger partial charge in [-0.1, -0.05) is 130 Å². The quantitative estimate of drug-likeness (QED) is 0.0822. The van der Waals surface area contributed by atoms with E-state index in [4.69, 9.17) is 4.12 Å². The van der Waals surface area contributed by atoms with Gasteiger partial charge in [-0.15, -0.1) is 0 Å². The van der Waals surface area contributed by atoms with Crippen LogP contribution in [0.25, 0.3) is 0 Å². The second-order valence-corrected chi connectivity index (χ2v) is 15.2. The highest BCUT2D eigenvalue weighted by molar-refractivity contribution is 6.72. The fourth-order valence-corrected chi connectivity index (χ4v) is 9.21. The van der Waals surface area contributed by atoms with Gasteiger partial charge in [0.1, 0.15) is 0 Å². The summed E-state index contributed by atoms with van der Waals surface area (Å²) in [6.45, 7) is 8.79. The standard InChI is InChI=1S/C26H58O5Si2/c1-5-9-13-16-20-25(17-12-8-4)21-23-32(27,28)31-33(29,30)24-22-26(18-14-10-6-2)19-15-11-7-3/h25-30H,5-24H2,1-4H3. The third-order valence-electron chi connectivity index (χ3n) is 6.95. The van der Waals surface area contributed by atoms with E-state index in [2.05, 4.69) is 27.7 Å². The van der Waals surface area contributed by atoms with Crippen LogP contribution in [0.15, 0.2) is 0 Å². The van der Waals surface area contributed by atoms with E-state index in [-0.39, 0.29) is 12.1 Å². The van der Waals surface area contributed by atoms with Crippen molar-refractivity contribution < 1.29 is 23.3 Å². The zero-order chi connectivity index (χ0) is 25.0. The Morgan fingerprint density at radius 1 is 0.455 bits per heavy atom. The Labute approximate surface area is 208 Å². The average Bonchev–Trinajstić information content (AvgIpc) is 2.75. The predicted octanol–water partition coefficient (Wildman–Crippen LogP) is 7.18. The van der Waals surface area contributed by atoms with Crippen molar-refractivity contribution in [3.8, 4) is 0 Å². The Kier molecular flexibility index (Phi) is 20.6. The Morgan fingerprint density at radius 3 is 1.18 bits per heavy atom. The van der Waals surface area contributed by atoms with Crippen LogP contribution in [0.1, 0.15) is 143 Å². The van der Waals surface area contributed by atoms with Crippen LogP contribution in [-0.2, 0) is 4.12 Å². The van der Waals surface area contributed by atoms with Gasteiger partial charge in [-0.25, -0.2) is 0 Å². The normalized spacial score (nSPS) is 13.7. The largest absolute Gasteiger partial charge is 0.488 e. The van der Waals surface area contributed by atoms with Crippen molar-refractivity contribution >= 4 is 17.6 Å². The molecule has 0 aliphatic heterocycles. The molecule has 0 rings (SSSR count). The van der Waals surface area contributed by atoms with Gasteiger partial charge in [0.05, 0.1) is 0 Å². The minimum Gasteiger partial charge on any atom is -0.390 e. The van der Waals surface area contributed by atoms with Gasteiger partial charge in [-0.05, 0) is 24.7 Å². The molecule has 200 valence electrons. The summed E-state index contributed by atoms with van der Waals surface area (Å²) < 4.78 is 5.32.